The first-order valence-corrected chi connectivity index (χ1v) is 15.6. The number of carbonyl (C=O) groups is 3. The quantitative estimate of drug-likeness (QED) is 0.325. The molecule has 0 unspecified atom stereocenters. The number of nitrogens with one attached hydrogen (secondary N) is 2. The number of likely N-dealkylation sites (tertiary alicyclic amines) is 1. The molecule has 0 spiro atoms. The Morgan fingerprint density at radius 3 is 2.61 bits per heavy atom. The van der Waals surface area contributed by atoms with E-state index in [0.717, 1.165) is 38.8 Å². The molecule has 11 heteroatoms. The lowest BCUT2D eigenvalue weighted by Gasteiger charge is -2.41. The number of pyridine rings is 1. The summed E-state index contributed by atoms with van der Waals surface area (Å²) in [5.41, 5.74) is 5.82. The lowest BCUT2D eigenvalue weighted by Crippen LogP contribution is -2.51. The number of amides is 4. The van der Waals surface area contributed by atoms with Crippen molar-refractivity contribution in [2.24, 2.45) is 5.92 Å². The molecule has 0 bridgehead atoms. The van der Waals surface area contributed by atoms with Gasteiger partial charge in [-0.15, -0.1) is 0 Å². The van der Waals surface area contributed by atoms with E-state index in [4.69, 9.17) is 11.6 Å². The van der Waals surface area contributed by atoms with Crippen molar-refractivity contribution in [3.8, 4) is 0 Å². The zero-order chi connectivity index (χ0) is 30.2. The average molecular weight is 612 g/mol. The van der Waals surface area contributed by atoms with Crippen molar-refractivity contribution in [1.82, 2.24) is 29.9 Å². The summed E-state index contributed by atoms with van der Waals surface area (Å²) in [5.74, 6) is -0.479. The van der Waals surface area contributed by atoms with Crippen LogP contribution >= 0.6 is 11.6 Å². The van der Waals surface area contributed by atoms with Crippen LogP contribution in [0, 0.1) is 5.92 Å². The number of fused-ring (bicyclic) bond motifs is 4. The molecule has 226 valence electrons. The molecule has 3 aliphatic heterocycles. The average Bonchev–Trinajstić information content (AvgIpc) is 3.54. The predicted molar refractivity (Wildman–Crippen MR) is 167 cm³/mol. The number of aryl methyl sites for hydroxylation is 1. The molecule has 5 heterocycles. The minimum Gasteiger partial charge on any atom is -0.343 e. The first-order valence-electron chi connectivity index (χ1n) is 15.2. The highest BCUT2D eigenvalue weighted by atomic mass is 35.5. The molecule has 7 rings (SSSR count). The monoisotopic (exact) mass is 611 g/mol. The van der Waals surface area contributed by atoms with E-state index in [-0.39, 0.29) is 30.3 Å². The van der Waals surface area contributed by atoms with Crippen LogP contribution in [0.2, 0.25) is 5.02 Å². The van der Waals surface area contributed by atoms with Crippen LogP contribution in [0.4, 0.5) is 10.5 Å². The number of para-hydroxylation sites is 1. The number of carbonyl (C=O) groups excluding carboxylic acids is 3. The Morgan fingerprint density at radius 1 is 1.00 bits per heavy atom. The molecule has 0 aliphatic carbocycles. The van der Waals surface area contributed by atoms with E-state index in [0.29, 0.717) is 63.4 Å². The molecule has 2 aromatic carbocycles. The lowest BCUT2D eigenvalue weighted by molar-refractivity contribution is -0.143. The van der Waals surface area contributed by atoms with E-state index in [1.54, 1.807) is 18.6 Å². The number of hydrogen-bond acceptors (Lipinski definition) is 5. The van der Waals surface area contributed by atoms with Gasteiger partial charge in [0, 0.05) is 74.6 Å². The number of anilines is 1. The minimum absolute atomic E-state index is 0.0109. The van der Waals surface area contributed by atoms with Crippen LogP contribution in [0.3, 0.4) is 0 Å². The second-order valence-electron chi connectivity index (χ2n) is 12.0. The molecular formula is C33H34ClN7O3. The Labute approximate surface area is 260 Å². The van der Waals surface area contributed by atoms with Gasteiger partial charge in [-0.1, -0.05) is 29.8 Å². The largest absolute Gasteiger partial charge is 0.343 e. The maximum absolute atomic E-state index is 14.1. The number of aromatic amines is 1. The molecule has 10 nitrogen and oxygen atoms in total. The maximum Gasteiger partial charge on any atom is 0.322 e. The van der Waals surface area contributed by atoms with Crippen molar-refractivity contribution in [1.29, 1.82) is 0 Å². The third kappa shape index (κ3) is 5.50. The van der Waals surface area contributed by atoms with Crippen LogP contribution in [0.5, 0.6) is 0 Å². The Hall–Kier alpha value is -4.44. The van der Waals surface area contributed by atoms with Crippen LogP contribution in [-0.4, -0.2) is 66.9 Å². The second kappa shape index (κ2) is 11.9. The summed E-state index contributed by atoms with van der Waals surface area (Å²) in [4.78, 5) is 50.3. The molecule has 4 amide bonds. The SMILES string of the molecule is O=C(C[C@@H]1CCc2cc(Cl)c3[nH]ncc3c2CN(Cc2ccncc2)C1=O)N1CCC(N2Cc3ccccc3NC2=O)CC1. The van der Waals surface area contributed by atoms with Gasteiger partial charge in [0.15, 0.2) is 0 Å². The number of halogens is 1. The molecule has 1 fully saturated rings. The minimum atomic E-state index is -0.446. The van der Waals surface area contributed by atoms with E-state index in [1.807, 2.05) is 57.2 Å². The molecule has 44 heavy (non-hydrogen) atoms. The van der Waals surface area contributed by atoms with Crippen LogP contribution < -0.4 is 5.32 Å². The van der Waals surface area contributed by atoms with Gasteiger partial charge in [-0.05, 0) is 72.2 Å². The predicted octanol–water partition coefficient (Wildman–Crippen LogP) is 5.13. The topological polar surface area (TPSA) is 115 Å². The molecule has 3 aliphatic rings. The van der Waals surface area contributed by atoms with Gasteiger partial charge < -0.3 is 20.0 Å². The van der Waals surface area contributed by atoms with E-state index in [2.05, 4.69) is 20.5 Å². The number of hydrogen-bond donors (Lipinski definition) is 2. The van der Waals surface area contributed by atoms with Gasteiger partial charge >= 0.3 is 6.03 Å². The fraction of sp³-hybridized carbons (Fsp3) is 0.364. The van der Waals surface area contributed by atoms with Gasteiger partial charge in [0.1, 0.15) is 0 Å². The summed E-state index contributed by atoms with van der Waals surface area (Å²) in [7, 11) is 0. The summed E-state index contributed by atoms with van der Waals surface area (Å²) in [6.07, 6.45) is 8.00. The number of urea groups is 1. The highest BCUT2D eigenvalue weighted by molar-refractivity contribution is 6.35. The summed E-state index contributed by atoms with van der Waals surface area (Å²) in [5, 5.41) is 11.7. The summed E-state index contributed by atoms with van der Waals surface area (Å²) in [6.45, 7) is 2.52. The van der Waals surface area contributed by atoms with Crippen molar-refractivity contribution < 1.29 is 14.4 Å². The Bertz CT molecular complexity index is 1720. The molecule has 0 radical (unpaired) electrons. The van der Waals surface area contributed by atoms with E-state index >= 15 is 0 Å². The van der Waals surface area contributed by atoms with Crippen LogP contribution in [0.25, 0.3) is 10.9 Å². The van der Waals surface area contributed by atoms with Gasteiger partial charge in [-0.25, -0.2) is 4.79 Å². The number of nitrogens with zero attached hydrogens (tertiary/aromatic N) is 5. The first-order chi connectivity index (χ1) is 21.4. The van der Waals surface area contributed by atoms with E-state index < -0.39 is 5.92 Å². The van der Waals surface area contributed by atoms with E-state index in [1.165, 1.54) is 0 Å². The zero-order valence-electron chi connectivity index (χ0n) is 24.3. The van der Waals surface area contributed by atoms with Crippen LogP contribution in [0.1, 0.15) is 47.9 Å². The van der Waals surface area contributed by atoms with Gasteiger partial charge in [-0.3, -0.25) is 19.7 Å². The molecule has 2 aromatic heterocycles. The second-order valence-corrected chi connectivity index (χ2v) is 12.4. The third-order valence-electron chi connectivity index (χ3n) is 9.33. The zero-order valence-corrected chi connectivity index (χ0v) is 25.1. The molecular weight excluding hydrogens is 578 g/mol. The van der Waals surface area contributed by atoms with Crippen LogP contribution in [0.15, 0.2) is 61.1 Å². The first kappa shape index (κ1) is 28.3. The fourth-order valence-corrected chi connectivity index (χ4v) is 7.16. The Morgan fingerprint density at radius 2 is 1.80 bits per heavy atom. The Kier molecular flexibility index (Phi) is 7.68. The number of piperidine rings is 1. The van der Waals surface area contributed by atoms with Crippen molar-refractivity contribution in [2.75, 3.05) is 18.4 Å². The van der Waals surface area contributed by atoms with Crippen molar-refractivity contribution in [3.05, 3.63) is 88.3 Å². The molecule has 4 aromatic rings. The number of benzene rings is 2. The van der Waals surface area contributed by atoms with Crippen molar-refractivity contribution in [2.45, 2.75) is 57.8 Å². The summed E-state index contributed by atoms with van der Waals surface area (Å²) < 4.78 is 0. The number of rotatable bonds is 5. The number of H-pyrrole nitrogens is 1. The lowest BCUT2D eigenvalue weighted by atomic mass is 9.88. The fourth-order valence-electron chi connectivity index (χ4n) is 6.89. The van der Waals surface area contributed by atoms with Gasteiger partial charge in [-0.2, -0.15) is 5.10 Å². The van der Waals surface area contributed by atoms with Crippen LogP contribution in [-0.2, 0) is 35.6 Å². The van der Waals surface area contributed by atoms with E-state index in [9.17, 15) is 14.4 Å². The summed E-state index contributed by atoms with van der Waals surface area (Å²) >= 11 is 6.60. The van der Waals surface area contributed by atoms with Gasteiger partial charge in [0.25, 0.3) is 0 Å². The molecule has 1 saturated heterocycles. The molecule has 0 saturated carbocycles. The molecule has 2 N–H and O–H groups in total. The maximum atomic E-state index is 14.1. The third-order valence-corrected chi connectivity index (χ3v) is 9.62. The Balaban J connectivity index is 1.06. The van der Waals surface area contributed by atoms with Gasteiger partial charge in [0.05, 0.1) is 16.7 Å². The highest BCUT2D eigenvalue weighted by Gasteiger charge is 2.35. The normalized spacial score (nSPS) is 19.3. The van der Waals surface area contributed by atoms with Gasteiger partial charge in [0.2, 0.25) is 11.8 Å². The molecule has 1 atom stereocenters. The highest BCUT2D eigenvalue weighted by Crippen LogP contribution is 2.34. The van der Waals surface area contributed by atoms with Crippen molar-refractivity contribution >= 4 is 46.0 Å². The number of aromatic nitrogens is 3. The smallest absolute Gasteiger partial charge is 0.322 e. The van der Waals surface area contributed by atoms with Crippen molar-refractivity contribution in [3.63, 3.8) is 0 Å². The summed E-state index contributed by atoms with van der Waals surface area (Å²) in [6, 6.07) is 13.6. The standard InChI is InChI=1S/C33H34ClN7O3/c34-28-15-22-5-6-23(32(43)40(18-21-7-11-35-12-8-21)20-27(22)26-17-36-38-31(26)28)16-30(42)39-13-9-25(10-14-39)41-19-24-3-1-2-4-29(24)37-33(41)44/h1-4,7-8,11-12,15,17,23,25H,5-6,9-10,13-14,16,18-20H2,(H,36,38)(H,37,44)/t23-/m0/s1.